The Morgan fingerprint density at radius 1 is 0.765 bits per heavy atom. The van der Waals surface area contributed by atoms with Crippen LogP contribution in [-0.2, 0) is 0 Å². The molecule has 0 amide bonds. The van der Waals surface area contributed by atoms with Gasteiger partial charge in [-0.1, -0.05) is 44.9 Å². The minimum atomic E-state index is -0.392. The summed E-state index contributed by atoms with van der Waals surface area (Å²) in [5, 5.41) is 27.2. The number of unbranched alkanes of at least 4 members (excludes halogenated alkanes) is 7. The van der Waals surface area contributed by atoms with Crippen molar-refractivity contribution in [1.29, 1.82) is 0 Å². The van der Waals surface area contributed by atoms with Gasteiger partial charge >= 0.3 is 0 Å². The topological polar surface area (TPSA) is 60.7 Å². The quantitative estimate of drug-likeness (QED) is 0.464. The lowest BCUT2D eigenvalue weighted by atomic mass is 10.0. The van der Waals surface area contributed by atoms with Gasteiger partial charge in [0, 0.05) is 6.61 Å². The maximum Gasteiger partial charge on any atom is 0.0564 e. The molecule has 2 atom stereocenters. The van der Waals surface area contributed by atoms with E-state index in [1.165, 1.54) is 32.1 Å². The van der Waals surface area contributed by atoms with Crippen LogP contribution in [0.15, 0.2) is 0 Å². The maximum absolute atomic E-state index is 9.54. The molecule has 0 radical (unpaired) electrons. The van der Waals surface area contributed by atoms with Gasteiger partial charge in [-0.15, -0.1) is 0 Å². The molecule has 0 aromatic heterocycles. The molecule has 0 fully saturated rings. The van der Waals surface area contributed by atoms with E-state index in [9.17, 15) is 5.11 Å². The van der Waals surface area contributed by atoms with Crippen molar-refractivity contribution in [2.24, 2.45) is 0 Å². The van der Waals surface area contributed by atoms with Crippen molar-refractivity contribution in [3.05, 3.63) is 0 Å². The fraction of sp³-hybridized carbons (Fsp3) is 1.00. The van der Waals surface area contributed by atoms with E-state index in [1.54, 1.807) is 6.92 Å². The Morgan fingerprint density at radius 3 is 1.71 bits per heavy atom. The number of aliphatic hydroxyl groups excluding tert-OH is 3. The summed E-state index contributed by atoms with van der Waals surface area (Å²) >= 11 is 0. The minimum absolute atomic E-state index is 0.321. The summed E-state index contributed by atoms with van der Waals surface area (Å²) in [6, 6.07) is 0. The molecule has 0 saturated heterocycles. The third-order valence-corrected chi connectivity index (χ3v) is 3.06. The molecule has 0 rings (SSSR count). The van der Waals surface area contributed by atoms with Crippen LogP contribution in [0, 0.1) is 0 Å². The van der Waals surface area contributed by atoms with Crippen LogP contribution in [0.1, 0.15) is 71.1 Å². The zero-order valence-corrected chi connectivity index (χ0v) is 11.3. The summed E-state index contributed by atoms with van der Waals surface area (Å²) in [7, 11) is 0. The first-order valence-electron chi connectivity index (χ1n) is 7.13. The second-order valence-electron chi connectivity index (χ2n) is 5.08. The van der Waals surface area contributed by atoms with Gasteiger partial charge in [0.15, 0.2) is 0 Å². The van der Waals surface area contributed by atoms with E-state index < -0.39 is 6.10 Å². The van der Waals surface area contributed by atoms with E-state index in [2.05, 4.69) is 0 Å². The smallest absolute Gasteiger partial charge is 0.0564 e. The molecule has 3 heteroatoms. The molecule has 3 nitrogen and oxygen atoms in total. The van der Waals surface area contributed by atoms with Crippen molar-refractivity contribution in [3.8, 4) is 0 Å². The van der Waals surface area contributed by atoms with E-state index in [0.29, 0.717) is 13.0 Å². The molecule has 17 heavy (non-hydrogen) atoms. The number of hydrogen-bond acceptors (Lipinski definition) is 3. The van der Waals surface area contributed by atoms with Crippen LogP contribution >= 0.6 is 0 Å². The fourth-order valence-electron chi connectivity index (χ4n) is 2.06. The van der Waals surface area contributed by atoms with Crippen LogP contribution in [0.4, 0.5) is 0 Å². The molecule has 0 aliphatic heterocycles. The zero-order valence-electron chi connectivity index (χ0n) is 11.3. The largest absolute Gasteiger partial charge is 0.396 e. The number of hydrogen-bond donors (Lipinski definition) is 3. The summed E-state index contributed by atoms with van der Waals surface area (Å²) < 4.78 is 0. The minimum Gasteiger partial charge on any atom is -0.396 e. The first-order chi connectivity index (χ1) is 8.16. The van der Waals surface area contributed by atoms with Gasteiger partial charge in [0.05, 0.1) is 12.2 Å². The Kier molecular flexibility index (Phi) is 12.3. The Hall–Kier alpha value is -0.120. The molecule has 3 N–H and O–H groups in total. The Bertz CT molecular complexity index is 148. The fourth-order valence-corrected chi connectivity index (χ4v) is 2.06. The van der Waals surface area contributed by atoms with Crippen LogP contribution in [0.2, 0.25) is 0 Å². The zero-order chi connectivity index (χ0) is 12.9. The van der Waals surface area contributed by atoms with E-state index in [-0.39, 0.29) is 6.10 Å². The second kappa shape index (κ2) is 12.3. The average molecular weight is 246 g/mol. The molecule has 2 unspecified atom stereocenters. The third-order valence-electron chi connectivity index (χ3n) is 3.06. The van der Waals surface area contributed by atoms with Gasteiger partial charge < -0.3 is 15.3 Å². The predicted molar refractivity (Wildman–Crippen MR) is 70.9 cm³/mol. The Labute approximate surface area is 106 Å². The van der Waals surface area contributed by atoms with Crippen molar-refractivity contribution < 1.29 is 15.3 Å². The van der Waals surface area contributed by atoms with Gasteiger partial charge in [-0.05, 0) is 26.2 Å². The second-order valence-corrected chi connectivity index (χ2v) is 5.08. The van der Waals surface area contributed by atoms with E-state index in [4.69, 9.17) is 10.2 Å². The van der Waals surface area contributed by atoms with E-state index >= 15 is 0 Å². The van der Waals surface area contributed by atoms with E-state index in [0.717, 1.165) is 25.7 Å². The molecule has 0 aliphatic rings. The summed E-state index contributed by atoms with van der Waals surface area (Å²) in [5.41, 5.74) is 0. The molecule has 0 aliphatic carbocycles. The lowest BCUT2D eigenvalue weighted by molar-refractivity contribution is 0.0834. The molecular weight excluding hydrogens is 216 g/mol. The lowest BCUT2D eigenvalue weighted by Gasteiger charge is -2.11. The summed E-state index contributed by atoms with van der Waals surface area (Å²) in [4.78, 5) is 0. The molecule has 0 aromatic carbocycles. The lowest BCUT2D eigenvalue weighted by Crippen LogP contribution is -2.14. The van der Waals surface area contributed by atoms with Crippen molar-refractivity contribution in [2.75, 3.05) is 6.61 Å². The predicted octanol–water partition coefficient (Wildman–Crippen LogP) is 2.62. The van der Waals surface area contributed by atoms with Crippen molar-refractivity contribution in [2.45, 2.75) is 83.3 Å². The standard InChI is InChI=1S/C14H30O3/c1-13(16)12-14(17)10-8-6-4-2-3-5-7-9-11-15/h13-17H,2-12H2,1H3. The SMILES string of the molecule is CC(O)CC(O)CCCCCCCCCCO. The van der Waals surface area contributed by atoms with Crippen molar-refractivity contribution in [3.63, 3.8) is 0 Å². The third kappa shape index (κ3) is 13.8. The highest BCUT2D eigenvalue weighted by atomic mass is 16.3. The molecule has 0 heterocycles. The van der Waals surface area contributed by atoms with Gasteiger partial charge in [0.25, 0.3) is 0 Å². The van der Waals surface area contributed by atoms with Crippen LogP contribution in [0.3, 0.4) is 0 Å². The number of aliphatic hydroxyl groups is 3. The first-order valence-corrected chi connectivity index (χ1v) is 7.13. The van der Waals surface area contributed by atoms with Gasteiger partial charge in [0.2, 0.25) is 0 Å². The molecular formula is C14H30O3. The number of rotatable bonds is 12. The van der Waals surface area contributed by atoms with Crippen LogP contribution in [0.25, 0.3) is 0 Å². The van der Waals surface area contributed by atoms with Gasteiger partial charge in [-0.3, -0.25) is 0 Å². The Morgan fingerprint density at radius 2 is 1.24 bits per heavy atom. The highest BCUT2D eigenvalue weighted by molar-refractivity contribution is 4.60. The molecule has 0 aromatic rings. The molecule has 0 saturated carbocycles. The average Bonchev–Trinajstić information content (AvgIpc) is 2.26. The monoisotopic (exact) mass is 246 g/mol. The summed E-state index contributed by atoms with van der Waals surface area (Å²) in [6.45, 7) is 2.04. The normalized spacial score (nSPS) is 14.8. The van der Waals surface area contributed by atoms with Crippen LogP contribution in [0.5, 0.6) is 0 Å². The highest BCUT2D eigenvalue weighted by Gasteiger charge is 2.06. The summed E-state index contributed by atoms with van der Waals surface area (Å²) in [6.07, 6.45) is 9.89. The van der Waals surface area contributed by atoms with Crippen molar-refractivity contribution >= 4 is 0 Å². The first kappa shape index (κ1) is 16.9. The maximum atomic E-state index is 9.54. The van der Waals surface area contributed by atoms with Gasteiger partial charge in [-0.2, -0.15) is 0 Å². The van der Waals surface area contributed by atoms with Gasteiger partial charge in [0.1, 0.15) is 0 Å². The molecule has 0 bridgehead atoms. The van der Waals surface area contributed by atoms with Crippen LogP contribution < -0.4 is 0 Å². The highest BCUT2D eigenvalue weighted by Crippen LogP contribution is 2.12. The summed E-state index contributed by atoms with van der Waals surface area (Å²) in [5.74, 6) is 0. The molecule has 0 spiro atoms. The van der Waals surface area contributed by atoms with Gasteiger partial charge in [-0.25, -0.2) is 0 Å². The Balaban J connectivity index is 3.07. The van der Waals surface area contributed by atoms with Crippen LogP contribution in [-0.4, -0.2) is 34.1 Å². The molecule has 104 valence electrons. The van der Waals surface area contributed by atoms with E-state index in [1.807, 2.05) is 0 Å². The van der Waals surface area contributed by atoms with Crippen molar-refractivity contribution in [1.82, 2.24) is 0 Å².